The van der Waals surface area contributed by atoms with Crippen molar-refractivity contribution >= 4 is 17.3 Å². The standard InChI is InChI=1S/C24H31F3N2O3S/c1-5-8-24(21(30)31)10-15(23(2,3)4)12-29(14-24)13-17-11-28-20(33-17)18-9-16(25)6-7-19(18)32-22(26)27/h6-7,9,11,15,22H,5,8,10,12-14H2,1-4H3,(H,30,31)/t15-,24-/m1/s1. The van der Waals surface area contributed by atoms with Crippen LogP contribution in [0.15, 0.2) is 24.4 Å². The summed E-state index contributed by atoms with van der Waals surface area (Å²) in [5, 5.41) is 10.5. The fourth-order valence-electron chi connectivity index (χ4n) is 4.62. The molecule has 1 aromatic carbocycles. The van der Waals surface area contributed by atoms with Gasteiger partial charge in [0.15, 0.2) is 0 Å². The number of likely N-dealkylation sites (tertiary alicyclic amines) is 1. The average Bonchev–Trinajstić information content (AvgIpc) is 3.16. The molecule has 9 heteroatoms. The molecule has 5 nitrogen and oxygen atoms in total. The van der Waals surface area contributed by atoms with Gasteiger partial charge in [0, 0.05) is 30.7 Å². The predicted octanol–water partition coefficient (Wildman–Crippen LogP) is 6.29. The molecule has 182 valence electrons. The number of nitrogens with zero attached hydrogens (tertiary/aromatic N) is 2. The maximum Gasteiger partial charge on any atom is 0.387 e. The molecule has 1 N–H and O–H groups in total. The van der Waals surface area contributed by atoms with Crippen LogP contribution >= 0.6 is 11.3 Å². The zero-order chi connectivity index (χ0) is 24.4. The summed E-state index contributed by atoms with van der Waals surface area (Å²) >= 11 is 1.27. The van der Waals surface area contributed by atoms with E-state index in [-0.39, 0.29) is 22.6 Å². The molecule has 0 aliphatic carbocycles. The summed E-state index contributed by atoms with van der Waals surface area (Å²) in [6, 6.07) is 3.37. The van der Waals surface area contributed by atoms with Gasteiger partial charge in [0.2, 0.25) is 0 Å². The summed E-state index contributed by atoms with van der Waals surface area (Å²) < 4.78 is 43.9. The van der Waals surface area contributed by atoms with E-state index >= 15 is 0 Å². The number of carboxylic acid groups (broad SMARTS) is 1. The van der Waals surface area contributed by atoms with Crippen molar-refractivity contribution in [3.05, 3.63) is 35.1 Å². The van der Waals surface area contributed by atoms with Crippen LogP contribution in [0.1, 0.15) is 51.8 Å². The zero-order valence-electron chi connectivity index (χ0n) is 19.4. The van der Waals surface area contributed by atoms with Gasteiger partial charge in [-0.15, -0.1) is 11.3 Å². The first kappa shape index (κ1) is 25.5. The minimum Gasteiger partial charge on any atom is -0.481 e. The van der Waals surface area contributed by atoms with Crippen molar-refractivity contribution in [2.24, 2.45) is 16.7 Å². The molecule has 1 saturated heterocycles. The average molecular weight is 485 g/mol. The number of benzene rings is 1. The van der Waals surface area contributed by atoms with E-state index in [1.165, 1.54) is 17.4 Å². The van der Waals surface area contributed by atoms with E-state index in [9.17, 15) is 23.1 Å². The molecule has 1 fully saturated rings. The molecule has 33 heavy (non-hydrogen) atoms. The molecule has 3 rings (SSSR count). The number of thiazole rings is 1. The summed E-state index contributed by atoms with van der Waals surface area (Å²) in [5.41, 5.74) is -0.683. The van der Waals surface area contributed by atoms with E-state index < -0.39 is 23.8 Å². The Morgan fingerprint density at radius 3 is 2.73 bits per heavy atom. The third-order valence-corrected chi connectivity index (χ3v) is 7.39. The Morgan fingerprint density at radius 1 is 1.39 bits per heavy atom. The lowest BCUT2D eigenvalue weighted by Crippen LogP contribution is -2.53. The van der Waals surface area contributed by atoms with Gasteiger partial charge in [-0.05, 0) is 42.4 Å². The van der Waals surface area contributed by atoms with Gasteiger partial charge in [-0.1, -0.05) is 34.1 Å². The molecule has 2 atom stereocenters. The van der Waals surface area contributed by atoms with E-state index in [2.05, 4.69) is 35.4 Å². The molecule has 2 aromatic rings. The first-order valence-electron chi connectivity index (χ1n) is 11.1. The zero-order valence-corrected chi connectivity index (χ0v) is 20.2. The van der Waals surface area contributed by atoms with Gasteiger partial charge in [0.25, 0.3) is 0 Å². The van der Waals surface area contributed by atoms with E-state index in [4.69, 9.17) is 0 Å². The smallest absolute Gasteiger partial charge is 0.387 e. The Bertz CT molecular complexity index is 976. The van der Waals surface area contributed by atoms with Crippen molar-refractivity contribution in [1.82, 2.24) is 9.88 Å². The van der Waals surface area contributed by atoms with Crippen molar-refractivity contribution in [3.63, 3.8) is 0 Å². The lowest BCUT2D eigenvalue weighted by molar-refractivity contribution is -0.156. The van der Waals surface area contributed by atoms with E-state index in [0.29, 0.717) is 30.9 Å². The summed E-state index contributed by atoms with van der Waals surface area (Å²) in [5.74, 6) is -1.26. The monoisotopic (exact) mass is 484 g/mol. The Morgan fingerprint density at radius 2 is 2.12 bits per heavy atom. The highest BCUT2D eigenvalue weighted by molar-refractivity contribution is 7.15. The fourth-order valence-corrected chi connectivity index (χ4v) is 5.60. The summed E-state index contributed by atoms with van der Waals surface area (Å²) in [7, 11) is 0. The quantitative estimate of drug-likeness (QED) is 0.477. The minimum absolute atomic E-state index is 0.0466. The largest absolute Gasteiger partial charge is 0.481 e. The first-order valence-corrected chi connectivity index (χ1v) is 11.9. The van der Waals surface area contributed by atoms with Crippen LogP contribution in [-0.2, 0) is 11.3 Å². The van der Waals surface area contributed by atoms with Crippen molar-refractivity contribution in [2.45, 2.75) is 60.1 Å². The van der Waals surface area contributed by atoms with Gasteiger partial charge >= 0.3 is 12.6 Å². The van der Waals surface area contributed by atoms with Gasteiger partial charge in [-0.25, -0.2) is 9.37 Å². The fraction of sp³-hybridized carbons (Fsp3) is 0.583. The number of hydrogen-bond acceptors (Lipinski definition) is 5. The van der Waals surface area contributed by atoms with Crippen LogP contribution in [-0.4, -0.2) is 40.7 Å². The number of aliphatic carboxylic acids is 1. The van der Waals surface area contributed by atoms with E-state index in [1.54, 1.807) is 6.20 Å². The number of piperidine rings is 1. The lowest BCUT2D eigenvalue weighted by atomic mass is 9.65. The van der Waals surface area contributed by atoms with Crippen molar-refractivity contribution < 1.29 is 27.8 Å². The molecule has 1 aliphatic rings. The maximum absolute atomic E-state index is 13.8. The minimum atomic E-state index is -3.03. The van der Waals surface area contributed by atoms with Crippen LogP contribution in [0.2, 0.25) is 0 Å². The molecule has 0 saturated carbocycles. The molecule has 0 unspecified atom stereocenters. The number of carboxylic acids is 1. The summed E-state index contributed by atoms with van der Waals surface area (Å²) in [4.78, 5) is 19.7. The molecular formula is C24H31F3N2O3S. The second kappa shape index (κ2) is 10.0. The highest BCUT2D eigenvalue weighted by atomic mass is 32.1. The summed E-state index contributed by atoms with van der Waals surface area (Å²) in [6.07, 6.45) is 3.67. The third-order valence-electron chi connectivity index (χ3n) is 6.37. The Balaban J connectivity index is 1.87. The molecule has 0 bridgehead atoms. The molecule has 2 heterocycles. The van der Waals surface area contributed by atoms with Crippen LogP contribution < -0.4 is 4.74 Å². The van der Waals surface area contributed by atoms with Crippen molar-refractivity contribution in [1.29, 1.82) is 0 Å². The maximum atomic E-state index is 13.8. The van der Waals surface area contributed by atoms with E-state index in [1.807, 2.05) is 6.92 Å². The van der Waals surface area contributed by atoms with Gasteiger partial charge < -0.3 is 9.84 Å². The Labute approximate surface area is 196 Å². The number of alkyl halides is 2. The van der Waals surface area contributed by atoms with Crippen molar-refractivity contribution in [2.75, 3.05) is 13.1 Å². The highest BCUT2D eigenvalue weighted by Gasteiger charge is 2.47. The number of aromatic nitrogens is 1. The van der Waals surface area contributed by atoms with Crippen LogP contribution in [0, 0.1) is 22.6 Å². The number of carbonyl (C=O) groups is 1. The number of ether oxygens (including phenoxy) is 1. The molecule has 1 aromatic heterocycles. The number of rotatable bonds is 8. The second-order valence-electron chi connectivity index (χ2n) is 9.92. The SMILES string of the molecule is CCC[C@@]1(C(=O)O)C[C@@H](C(C)(C)C)CN(Cc2cnc(-c3cc(F)ccc3OC(F)F)s2)C1. The van der Waals surface area contributed by atoms with Gasteiger partial charge in [-0.2, -0.15) is 8.78 Å². The highest BCUT2D eigenvalue weighted by Crippen LogP contribution is 2.45. The molecular weight excluding hydrogens is 453 g/mol. The number of hydrogen-bond donors (Lipinski definition) is 1. The van der Waals surface area contributed by atoms with Crippen LogP contribution in [0.5, 0.6) is 5.75 Å². The van der Waals surface area contributed by atoms with Crippen LogP contribution in [0.25, 0.3) is 10.6 Å². The number of halogens is 3. The molecule has 1 aliphatic heterocycles. The van der Waals surface area contributed by atoms with Crippen molar-refractivity contribution in [3.8, 4) is 16.3 Å². The topological polar surface area (TPSA) is 62.7 Å². The van der Waals surface area contributed by atoms with E-state index in [0.717, 1.165) is 30.0 Å². The third kappa shape index (κ3) is 6.06. The van der Waals surface area contributed by atoms with Crippen LogP contribution in [0.4, 0.5) is 13.2 Å². The molecule has 0 spiro atoms. The van der Waals surface area contributed by atoms with Gasteiger partial charge in [0.05, 0.1) is 11.0 Å². The predicted molar refractivity (Wildman–Crippen MR) is 122 cm³/mol. The van der Waals surface area contributed by atoms with Gasteiger partial charge in [0.1, 0.15) is 16.6 Å². The second-order valence-corrected chi connectivity index (χ2v) is 11.0. The van der Waals surface area contributed by atoms with Gasteiger partial charge in [-0.3, -0.25) is 9.69 Å². The molecule has 0 radical (unpaired) electrons. The summed E-state index contributed by atoms with van der Waals surface area (Å²) in [6.45, 7) is 7.08. The van der Waals surface area contributed by atoms with Crippen LogP contribution in [0.3, 0.4) is 0 Å². The Kier molecular flexibility index (Phi) is 7.73. The normalized spacial score (nSPS) is 22.0. The Hall–Kier alpha value is -2.13. The first-order chi connectivity index (χ1) is 15.4. The molecule has 0 amide bonds. The lowest BCUT2D eigenvalue weighted by Gasteiger charge is -2.48.